The zero-order valence-electron chi connectivity index (χ0n) is 10.9. The molecule has 1 aromatic carbocycles. The molecule has 2 nitrogen and oxygen atoms in total. The molecule has 0 bridgehead atoms. The van der Waals surface area contributed by atoms with Crippen molar-refractivity contribution >= 4 is 28.1 Å². The molecule has 0 saturated carbocycles. The highest BCUT2D eigenvalue weighted by molar-refractivity contribution is 7.14. The van der Waals surface area contributed by atoms with Crippen molar-refractivity contribution in [3.05, 3.63) is 57.5 Å². The van der Waals surface area contributed by atoms with Crippen molar-refractivity contribution in [2.45, 2.75) is 20.3 Å². The molecule has 0 spiro atoms. The fraction of sp³-hybridized carbons (Fsp3) is 0.188. The fourth-order valence-electron chi connectivity index (χ4n) is 2.19. The van der Waals surface area contributed by atoms with Crippen LogP contribution in [0.25, 0.3) is 11.0 Å². The number of aryl methyl sites for hydroxylation is 2. The minimum Gasteiger partial charge on any atom is -0.452 e. The van der Waals surface area contributed by atoms with Crippen molar-refractivity contribution in [2.75, 3.05) is 0 Å². The summed E-state index contributed by atoms with van der Waals surface area (Å²) < 4.78 is 5.72. The second-order valence-corrected chi connectivity index (χ2v) is 5.67. The lowest BCUT2D eigenvalue weighted by Crippen LogP contribution is -1.98. The molecule has 0 atom stereocenters. The summed E-state index contributed by atoms with van der Waals surface area (Å²) in [4.78, 5) is 14.5. The van der Waals surface area contributed by atoms with E-state index in [1.807, 2.05) is 43.3 Å². The Morgan fingerprint density at radius 3 is 2.68 bits per heavy atom. The van der Waals surface area contributed by atoms with E-state index in [0.29, 0.717) is 5.76 Å². The summed E-state index contributed by atoms with van der Waals surface area (Å²) in [6.45, 7) is 4.03. The van der Waals surface area contributed by atoms with Gasteiger partial charge in [0.2, 0.25) is 5.78 Å². The maximum Gasteiger partial charge on any atom is 0.238 e. The number of benzene rings is 1. The quantitative estimate of drug-likeness (QED) is 0.651. The van der Waals surface area contributed by atoms with Crippen LogP contribution in [0.3, 0.4) is 0 Å². The van der Waals surface area contributed by atoms with Crippen molar-refractivity contribution in [3.63, 3.8) is 0 Å². The number of thiophene rings is 1. The number of furan rings is 1. The number of para-hydroxylation sites is 1. The molecule has 2 aromatic heterocycles. The summed E-state index contributed by atoms with van der Waals surface area (Å²) >= 11 is 1.54. The van der Waals surface area contributed by atoms with Crippen LogP contribution < -0.4 is 0 Å². The second-order valence-electron chi connectivity index (χ2n) is 4.50. The van der Waals surface area contributed by atoms with Crippen LogP contribution in [0.1, 0.15) is 32.8 Å². The Bertz CT molecular complexity index is 749. The molecular weight excluding hydrogens is 256 g/mol. The molecule has 0 N–H and O–H groups in total. The average Bonchev–Trinajstić information content (AvgIpc) is 3.04. The fourth-order valence-corrected chi connectivity index (χ4v) is 3.08. The van der Waals surface area contributed by atoms with Crippen LogP contribution in [0.5, 0.6) is 0 Å². The molecule has 19 heavy (non-hydrogen) atoms. The minimum absolute atomic E-state index is 0.0154. The summed E-state index contributed by atoms with van der Waals surface area (Å²) in [5.74, 6) is 0.448. The normalized spacial score (nSPS) is 11.1. The maximum atomic E-state index is 12.5. The highest BCUT2D eigenvalue weighted by atomic mass is 32.1. The topological polar surface area (TPSA) is 30.2 Å². The summed E-state index contributed by atoms with van der Waals surface area (Å²) in [7, 11) is 0. The molecule has 0 aliphatic rings. The lowest BCUT2D eigenvalue weighted by Gasteiger charge is -1.94. The van der Waals surface area contributed by atoms with Crippen molar-refractivity contribution in [3.8, 4) is 0 Å². The van der Waals surface area contributed by atoms with Gasteiger partial charge in [-0.1, -0.05) is 25.1 Å². The molecule has 0 unspecified atom stereocenters. The van der Waals surface area contributed by atoms with E-state index >= 15 is 0 Å². The largest absolute Gasteiger partial charge is 0.452 e. The molecule has 3 aromatic rings. The summed E-state index contributed by atoms with van der Waals surface area (Å²) in [5, 5.41) is 1.01. The first-order valence-electron chi connectivity index (χ1n) is 6.32. The first-order chi connectivity index (χ1) is 9.20. The van der Waals surface area contributed by atoms with Gasteiger partial charge in [0.15, 0.2) is 5.76 Å². The first-order valence-corrected chi connectivity index (χ1v) is 7.14. The number of hydrogen-bond donors (Lipinski definition) is 0. The van der Waals surface area contributed by atoms with E-state index in [4.69, 9.17) is 4.42 Å². The van der Waals surface area contributed by atoms with Crippen molar-refractivity contribution in [1.82, 2.24) is 0 Å². The summed E-state index contributed by atoms with van der Waals surface area (Å²) in [5.41, 5.74) is 1.70. The third-order valence-electron chi connectivity index (χ3n) is 3.28. The van der Waals surface area contributed by atoms with E-state index in [1.54, 1.807) is 11.3 Å². The van der Waals surface area contributed by atoms with Gasteiger partial charge in [0.1, 0.15) is 5.58 Å². The number of carbonyl (C=O) groups excluding carboxylic acids is 1. The van der Waals surface area contributed by atoms with E-state index < -0.39 is 0 Å². The van der Waals surface area contributed by atoms with Gasteiger partial charge in [0, 0.05) is 15.8 Å². The van der Waals surface area contributed by atoms with Crippen LogP contribution in [0.4, 0.5) is 0 Å². The molecular formula is C16H14O2S. The standard InChI is InChI=1S/C16H14O2S/c1-3-11-8-9-14(19-11)15(17)16-10(2)12-6-4-5-7-13(12)18-16/h4-9H,3H2,1-2H3. The number of hydrogen-bond acceptors (Lipinski definition) is 3. The molecule has 3 heteroatoms. The Morgan fingerprint density at radius 2 is 2.00 bits per heavy atom. The van der Waals surface area contributed by atoms with Gasteiger partial charge in [-0.05, 0) is 31.5 Å². The third kappa shape index (κ3) is 2.00. The zero-order valence-corrected chi connectivity index (χ0v) is 11.7. The van der Waals surface area contributed by atoms with E-state index in [9.17, 15) is 4.79 Å². The molecule has 96 valence electrons. The van der Waals surface area contributed by atoms with Crippen molar-refractivity contribution in [2.24, 2.45) is 0 Å². The predicted octanol–water partition coefficient (Wildman–Crippen LogP) is 4.60. The van der Waals surface area contributed by atoms with Gasteiger partial charge in [0.25, 0.3) is 0 Å². The van der Waals surface area contributed by atoms with Crippen LogP contribution in [0.2, 0.25) is 0 Å². The molecule has 0 fully saturated rings. The summed E-state index contributed by atoms with van der Waals surface area (Å²) in [6.07, 6.45) is 0.955. The number of fused-ring (bicyclic) bond motifs is 1. The molecule has 0 saturated heterocycles. The minimum atomic E-state index is -0.0154. The highest BCUT2D eigenvalue weighted by Gasteiger charge is 2.20. The lowest BCUT2D eigenvalue weighted by molar-refractivity contribution is 0.101. The van der Waals surface area contributed by atoms with E-state index in [0.717, 1.165) is 27.8 Å². The van der Waals surface area contributed by atoms with Crippen LogP contribution in [-0.4, -0.2) is 5.78 Å². The van der Waals surface area contributed by atoms with Gasteiger partial charge >= 0.3 is 0 Å². The Morgan fingerprint density at radius 1 is 1.21 bits per heavy atom. The molecule has 3 rings (SSSR count). The number of carbonyl (C=O) groups is 1. The van der Waals surface area contributed by atoms with Gasteiger partial charge in [0.05, 0.1) is 4.88 Å². The number of ketones is 1. The summed E-state index contributed by atoms with van der Waals surface area (Å²) in [6, 6.07) is 11.6. The van der Waals surface area contributed by atoms with Gasteiger partial charge in [-0.15, -0.1) is 11.3 Å². The van der Waals surface area contributed by atoms with Crippen LogP contribution in [-0.2, 0) is 6.42 Å². The molecule has 0 radical (unpaired) electrons. The maximum absolute atomic E-state index is 12.5. The Labute approximate surface area is 115 Å². The van der Waals surface area contributed by atoms with Crippen molar-refractivity contribution in [1.29, 1.82) is 0 Å². The monoisotopic (exact) mass is 270 g/mol. The molecule has 0 aliphatic carbocycles. The molecule has 0 aliphatic heterocycles. The van der Waals surface area contributed by atoms with E-state index in [1.165, 1.54) is 4.88 Å². The molecule has 2 heterocycles. The van der Waals surface area contributed by atoms with Gasteiger partial charge in [-0.2, -0.15) is 0 Å². The Kier molecular flexibility index (Phi) is 2.99. The van der Waals surface area contributed by atoms with Gasteiger partial charge in [-0.25, -0.2) is 0 Å². The van der Waals surface area contributed by atoms with Gasteiger partial charge in [-0.3, -0.25) is 4.79 Å². The van der Waals surface area contributed by atoms with Gasteiger partial charge < -0.3 is 4.42 Å². The van der Waals surface area contributed by atoms with E-state index in [2.05, 4.69) is 6.92 Å². The first kappa shape index (κ1) is 12.2. The van der Waals surface area contributed by atoms with E-state index in [-0.39, 0.29) is 5.78 Å². The average molecular weight is 270 g/mol. The lowest BCUT2D eigenvalue weighted by atomic mass is 10.1. The van der Waals surface area contributed by atoms with Crippen LogP contribution >= 0.6 is 11.3 Å². The smallest absolute Gasteiger partial charge is 0.238 e. The van der Waals surface area contributed by atoms with Crippen molar-refractivity contribution < 1.29 is 9.21 Å². The Hall–Kier alpha value is -1.87. The zero-order chi connectivity index (χ0) is 13.4. The third-order valence-corrected chi connectivity index (χ3v) is 4.51. The predicted molar refractivity (Wildman–Crippen MR) is 78.1 cm³/mol. The number of rotatable bonds is 3. The second kappa shape index (κ2) is 4.67. The van der Waals surface area contributed by atoms with Crippen LogP contribution in [0, 0.1) is 6.92 Å². The Balaban J connectivity index is 2.08. The highest BCUT2D eigenvalue weighted by Crippen LogP contribution is 2.28. The van der Waals surface area contributed by atoms with Crippen LogP contribution in [0.15, 0.2) is 40.8 Å². The molecule has 0 amide bonds. The SMILES string of the molecule is CCc1ccc(C(=O)c2oc3ccccc3c2C)s1.